The summed E-state index contributed by atoms with van der Waals surface area (Å²) in [6.45, 7) is 6.53. The Kier molecular flexibility index (Phi) is 4.49. The van der Waals surface area contributed by atoms with Gasteiger partial charge in [-0.15, -0.1) is 0 Å². The topological polar surface area (TPSA) is 81.2 Å². The average molecular weight is 295 g/mol. The van der Waals surface area contributed by atoms with Crippen molar-refractivity contribution in [2.24, 2.45) is 0 Å². The first kappa shape index (κ1) is 14.6. The minimum atomic E-state index is -0.854. The Morgan fingerprint density at radius 3 is 2.85 bits per heavy atom. The van der Waals surface area contributed by atoms with E-state index in [4.69, 9.17) is 9.63 Å². The molecule has 108 valence electrons. The fourth-order valence-electron chi connectivity index (χ4n) is 1.89. The van der Waals surface area contributed by atoms with Crippen LogP contribution >= 0.6 is 11.8 Å². The fourth-order valence-corrected chi connectivity index (χ4v) is 2.59. The molecule has 20 heavy (non-hydrogen) atoms. The highest BCUT2D eigenvalue weighted by Gasteiger charge is 2.16. The average Bonchev–Trinajstić information content (AvgIpc) is 2.94. The van der Waals surface area contributed by atoms with Crippen molar-refractivity contribution in [3.8, 4) is 0 Å². The third-order valence-corrected chi connectivity index (χ3v) is 3.74. The van der Waals surface area contributed by atoms with Crippen LogP contribution in [0.4, 0.5) is 0 Å². The van der Waals surface area contributed by atoms with Crippen LogP contribution in [0.3, 0.4) is 0 Å². The molecule has 0 saturated heterocycles. The fraction of sp³-hybridized carbons (Fsp3) is 0.462. The second kappa shape index (κ2) is 6.13. The second-order valence-corrected chi connectivity index (χ2v) is 5.76. The van der Waals surface area contributed by atoms with Gasteiger partial charge in [-0.1, -0.05) is 30.8 Å². The molecule has 0 radical (unpaired) electrons. The van der Waals surface area contributed by atoms with Crippen LogP contribution in [0.15, 0.2) is 21.9 Å². The van der Waals surface area contributed by atoms with Gasteiger partial charge in [0.15, 0.2) is 5.16 Å². The number of thioether (sulfide) groups is 1. The minimum absolute atomic E-state index is 0.00755. The lowest BCUT2D eigenvalue weighted by Gasteiger charge is -2.11. The Balaban J connectivity index is 2.26. The van der Waals surface area contributed by atoms with Crippen molar-refractivity contribution < 1.29 is 14.4 Å². The lowest BCUT2D eigenvalue weighted by Crippen LogP contribution is -2.08. The van der Waals surface area contributed by atoms with Crippen LogP contribution in [0.1, 0.15) is 36.9 Å². The number of rotatable bonds is 6. The summed E-state index contributed by atoms with van der Waals surface area (Å²) in [5.74, 6) is 0.195. The van der Waals surface area contributed by atoms with E-state index in [1.54, 1.807) is 6.20 Å². The van der Waals surface area contributed by atoms with Gasteiger partial charge in [0.1, 0.15) is 11.5 Å². The number of imidazole rings is 1. The van der Waals surface area contributed by atoms with E-state index in [-0.39, 0.29) is 5.75 Å². The lowest BCUT2D eigenvalue weighted by atomic mass is 10.1. The zero-order valence-electron chi connectivity index (χ0n) is 11.7. The molecule has 0 aromatic carbocycles. The summed E-state index contributed by atoms with van der Waals surface area (Å²) in [6, 6.07) is 1.87. The number of nitrogens with zero attached hydrogens (tertiary/aromatic N) is 3. The normalized spacial score (nSPS) is 11.2. The number of aryl methyl sites for hydroxylation is 1. The number of hydrogen-bond acceptors (Lipinski definition) is 5. The van der Waals surface area contributed by atoms with Crippen molar-refractivity contribution in [1.29, 1.82) is 0 Å². The number of carbonyl (C=O) groups is 1. The molecule has 0 fully saturated rings. The number of aliphatic carboxylic acids is 1. The summed E-state index contributed by atoms with van der Waals surface area (Å²) < 4.78 is 7.06. The molecule has 0 aliphatic heterocycles. The monoisotopic (exact) mass is 295 g/mol. The quantitative estimate of drug-likeness (QED) is 0.825. The van der Waals surface area contributed by atoms with Gasteiger partial charge in [-0.3, -0.25) is 4.79 Å². The van der Waals surface area contributed by atoms with Crippen LogP contribution in [-0.2, 0) is 11.3 Å². The van der Waals surface area contributed by atoms with Crippen LogP contribution in [-0.4, -0.2) is 31.5 Å². The van der Waals surface area contributed by atoms with E-state index >= 15 is 0 Å². The first-order valence-electron chi connectivity index (χ1n) is 6.29. The Hall–Kier alpha value is -1.76. The molecule has 6 nitrogen and oxygen atoms in total. The van der Waals surface area contributed by atoms with E-state index in [2.05, 4.69) is 24.0 Å². The highest BCUT2D eigenvalue weighted by atomic mass is 32.2. The van der Waals surface area contributed by atoms with Crippen molar-refractivity contribution in [2.45, 2.75) is 38.4 Å². The van der Waals surface area contributed by atoms with Gasteiger partial charge in [0.25, 0.3) is 0 Å². The molecule has 7 heteroatoms. The number of carboxylic acid groups (broad SMARTS) is 1. The number of aromatic nitrogens is 3. The smallest absolute Gasteiger partial charge is 0.313 e. The van der Waals surface area contributed by atoms with Gasteiger partial charge < -0.3 is 14.2 Å². The van der Waals surface area contributed by atoms with Gasteiger partial charge in [-0.25, -0.2) is 4.98 Å². The maximum atomic E-state index is 10.7. The SMILES string of the molecule is Cc1cc(Cn2c(C(C)C)cnc2SCC(=O)O)no1. The molecule has 0 aliphatic carbocycles. The van der Waals surface area contributed by atoms with Crippen molar-refractivity contribution in [2.75, 3.05) is 5.75 Å². The van der Waals surface area contributed by atoms with Crippen molar-refractivity contribution in [3.63, 3.8) is 0 Å². The molecular formula is C13H17N3O3S. The maximum Gasteiger partial charge on any atom is 0.313 e. The molecule has 2 rings (SSSR count). The summed E-state index contributed by atoms with van der Waals surface area (Å²) in [6.07, 6.45) is 1.79. The minimum Gasteiger partial charge on any atom is -0.481 e. The molecule has 2 aromatic heterocycles. The number of hydrogen-bond donors (Lipinski definition) is 1. The Labute approximate surface area is 121 Å². The van der Waals surface area contributed by atoms with Crippen molar-refractivity contribution >= 4 is 17.7 Å². The Morgan fingerprint density at radius 1 is 1.55 bits per heavy atom. The van der Waals surface area contributed by atoms with Crippen LogP contribution in [0.5, 0.6) is 0 Å². The van der Waals surface area contributed by atoms with Crippen molar-refractivity contribution in [1.82, 2.24) is 14.7 Å². The summed E-state index contributed by atoms with van der Waals surface area (Å²) >= 11 is 1.21. The Morgan fingerprint density at radius 2 is 2.30 bits per heavy atom. The van der Waals surface area contributed by atoms with E-state index in [0.29, 0.717) is 17.6 Å². The molecule has 0 spiro atoms. The van der Waals surface area contributed by atoms with Gasteiger partial charge in [-0.2, -0.15) is 0 Å². The first-order valence-corrected chi connectivity index (χ1v) is 7.28. The molecule has 0 aliphatic rings. The van der Waals surface area contributed by atoms with Gasteiger partial charge in [0.05, 0.1) is 12.3 Å². The van der Waals surface area contributed by atoms with E-state index < -0.39 is 5.97 Å². The molecule has 0 atom stereocenters. The lowest BCUT2D eigenvalue weighted by molar-refractivity contribution is -0.133. The molecule has 0 bridgehead atoms. The molecule has 0 amide bonds. The molecular weight excluding hydrogens is 278 g/mol. The molecule has 2 heterocycles. The highest BCUT2D eigenvalue weighted by molar-refractivity contribution is 7.99. The molecule has 0 unspecified atom stereocenters. The van der Waals surface area contributed by atoms with Crippen molar-refractivity contribution in [3.05, 3.63) is 29.4 Å². The highest BCUT2D eigenvalue weighted by Crippen LogP contribution is 2.24. The van der Waals surface area contributed by atoms with Crippen LogP contribution in [0.2, 0.25) is 0 Å². The summed E-state index contributed by atoms with van der Waals surface area (Å²) in [7, 11) is 0. The second-order valence-electron chi connectivity index (χ2n) is 4.82. The summed E-state index contributed by atoms with van der Waals surface area (Å²) in [5.41, 5.74) is 1.86. The predicted molar refractivity (Wildman–Crippen MR) is 75.0 cm³/mol. The van der Waals surface area contributed by atoms with Crippen LogP contribution < -0.4 is 0 Å². The van der Waals surface area contributed by atoms with Gasteiger partial charge >= 0.3 is 5.97 Å². The van der Waals surface area contributed by atoms with E-state index in [1.807, 2.05) is 17.6 Å². The Bertz CT molecular complexity index is 604. The van der Waals surface area contributed by atoms with Crippen LogP contribution in [0, 0.1) is 6.92 Å². The van der Waals surface area contributed by atoms with Gasteiger partial charge in [0.2, 0.25) is 0 Å². The van der Waals surface area contributed by atoms with Gasteiger partial charge in [0, 0.05) is 18.0 Å². The third kappa shape index (κ3) is 3.41. The summed E-state index contributed by atoms with van der Waals surface area (Å²) in [4.78, 5) is 15.0. The van der Waals surface area contributed by atoms with E-state index in [0.717, 1.165) is 17.1 Å². The van der Waals surface area contributed by atoms with Gasteiger partial charge in [-0.05, 0) is 12.8 Å². The zero-order valence-corrected chi connectivity index (χ0v) is 12.5. The zero-order chi connectivity index (χ0) is 14.7. The summed E-state index contributed by atoms with van der Waals surface area (Å²) in [5, 5.41) is 13.5. The van der Waals surface area contributed by atoms with Crippen LogP contribution in [0.25, 0.3) is 0 Å². The third-order valence-electron chi connectivity index (χ3n) is 2.76. The molecule has 0 saturated carbocycles. The largest absolute Gasteiger partial charge is 0.481 e. The molecule has 1 N–H and O–H groups in total. The van der Waals surface area contributed by atoms with E-state index in [1.165, 1.54) is 11.8 Å². The maximum absolute atomic E-state index is 10.7. The number of carboxylic acids is 1. The predicted octanol–water partition coefficient (Wildman–Crippen LogP) is 2.53. The molecule has 2 aromatic rings. The van der Waals surface area contributed by atoms with E-state index in [9.17, 15) is 4.79 Å². The first-order chi connectivity index (χ1) is 9.47. The standard InChI is InChI=1S/C13H17N3O3S/c1-8(2)11-5-14-13(20-7-12(17)18)16(11)6-10-4-9(3)19-15-10/h4-5,8H,6-7H2,1-3H3,(H,17,18).